The van der Waals surface area contributed by atoms with E-state index in [9.17, 15) is 5.11 Å². The third kappa shape index (κ3) is 4.14. The Balaban J connectivity index is 2.23. The van der Waals surface area contributed by atoms with Crippen LogP contribution in [-0.2, 0) is 6.42 Å². The highest BCUT2D eigenvalue weighted by molar-refractivity contribution is 5.46. The van der Waals surface area contributed by atoms with Crippen LogP contribution in [-0.4, -0.2) is 11.7 Å². The Morgan fingerprint density at radius 2 is 1.65 bits per heavy atom. The van der Waals surface area contributed by atoms with Gasteiger partial charge < -0.3 is 9.84 Å². The van der Waals surface area contributed by atoms with Crippen LogP contribution in [0.25, 0.3) is 0 Å². The number of aliphatic hydroxyl groups is 1. The summed E-state index contributed by atoms with van der Waals surface area (Å²) in [6.07, 6.45) is 2.61. The molecule has 1 atom stereocenters. The van der Waals surface area contributed by atoms with Crippen LogP contribution in [0.5, 0.6) is 5.75 Å². The maximum atomic E-state index is 10.7. The average Bonchev–Trinajstić information content (AvgIpc) is 2.58. The standard InChI is InChI=1S/C21H28O2/c1-5-7-14-23-20-13-12-19(15(3)16(20)4)21(22)18-10-8-17(6-2)9-11-18/h8-13,21-22H,5-7,14H2,1-4H3. The van der Waals surface area contributed by atoms with Crippen molar-refractivity contribution < 1.29 is 9.84 Å². The quantitative estimate of drug-likeness (QED) is 0.718. The summed E-state index contributed by atoms with van der Waals surface area (Å²) in [5, 5.41) is 10.7. The molecule has 0 saturated heterocycles. The van der Waals surface area contributed by atoms with E-state index in [-0.39, 0.29) is 0 Å². The van der Waals surface area contributed by atoms with Gasteiger partial charge in [0.1, 0.15) is 11.9 Å². The van der Waals surface area contributed by atoms with Crippen LogP contribution in [0, 0.1) is 13.8 Å². The van der Waals surface area contributed by atoms with Gasteiger partial charge in [-0.25, -0.2) is 0 Å². The van der Waals surface area contributed by atoms with E-state index >= 15 is 0 Å². The third-order valence-corrected chi connectivity index (χ3v) is 4.53. The van der Waals surface area contributed by atoms with Crippen molar-refractivity contribution in [3.63, 3.8) is 0 Å². The van der Waals surface area contributed by atoms with E-state index < -0.39 is 6.10 Å². The molecule has 0 aliphatic carbocycles. The summed E-state index contributed by atoms with van der Waals surface area (Å²) in [6, 6.07) is 12.2. The monoisotopic (exact) mass is 312 g/mol. The highest BCUT2D eigenvalue weighted by Gasteiger charge is 2.16. The molecule has 0 bridgehead atoms. The summed E-state index contributed by atoms with van der Waals surface area (Å²) in [6.45, 7) is 9.16. The molecule has 2 rings (SSSR count). The topological polar surface area (TPSA) is 29.5 Å². The smallest absolute Gasteiger partial charge is 0.122 e. The van der Waals surface area contributed by atoms with Gasteiger partial charge >= 0.3 is 0 Å². The summed E-state index contributed by atoms with van der Waals surface area (Å²) in [7, 11) is 0. The minimum absolute atomic E-state index is 0.593. The van der Waals surface area contributed by atoms with E-state index in [1.165, 1.54) is 5.56 Å². The van der Waals surface area contributed by atoms with Crippen molar-refractivity contribution >= 4 is 0 Å². The van der Waals surface area contributed by atoms with E-state index in [0.29, 0.717) is 0 Å². The van der Waals surface area contributed by atoms with E-state index in [0.717, 1.165) is 53.9 Å². The van der Waals surface area contributed by atoms with Gasteiger partial charge in [0.05, 0.1) is 6.61 Å². The highest BCUT2D eigenvalue weighted by Crippen LogP contribution is 2.31. The van der Waals surface area contributed by atoms with E-state index in [1.807, 2.05) is 24.3 Å². The summed E-state index contributed by atoms with van der Waals surface area (Å²) < 4.78 is 5.85. The van der Waals surface area contributed by atoms with Crippen molar-refractivity contribution in [1.82, 2.24) is 0 Å². The largest absolute Gasteiger partial charge is 0.493 e. The van der Waals surface area contributed by atoms with Crippen molar-refractivity contribution in [2.45, 2.75) is 53.1 Å². The van der Waals surface area contributed by atoms with Gasteiger partial charge in [-0.05, 0) is 60.6 Å². The van der Waals surface area contributed by atoms with Crippen LogP contribution in [0.15, 0.2) is 36.4 Å². The van der Waals surface area contributed by atoms with Gasteiger partial charge in [0.25, 0.3) is 0 Å². The fourth-order valence-electron chi connectivity index (χ4n) is 2.71. The molecule has 0 aromatic heterocycles. The number of aliphatic hydroxyl groups excluding tert-OH is 1. The number of ether oxygens (including phenoxy) is 1. The van der Waals surface area contributed by atoms with E-state index in [4.69, 9.17) is 4.74 Å². The molecular formula is C21H28O2. The van der Waals surface area contributed by atoms with Gasteiger partial charge in [0, 0.05) is 0 Å². The summed E-state index contributed by atoms with van der Waals surface area (Å²) in [5.74, 6) is 0.924. The zero-order valence-corrected chi connectivity index (χ0v) is 14.7. The second-order valence-corrected chi connectivity index (χ2v) is 6.10. The van der Waals surface area contributed by atoms with Crippen molar-refractivity contribution in [2.24, 2.45) is 0 Å². The van der Waals surface area contributed by atoms with Gasteiger partial charge in [-0.1, -0.05) is 50.6 Å². The van der Waals surface area contributed by atoms with Crippen molar-refractivity contribution in [3.05, 3.63) is 64.2 Å². The lowest BCUT2D eigenvalue weighted by atomic mass is 9.93. The zero-order valence-electron chi connectivity index (χ0n) is 14.7. The Morgan fingerprint density at radius 1 is 0.957 bits per heavy atom. The Hall–Kier alpha value is -1.80. The van der Waals surface area contributed by atoms with E-state index in [2.05, 4.69) is 39.8 Å². The van der Waals surface area contributed by atoms with Crippen molar-refractivity contribution in [3.8, 4) is 5.75 Å². The van der Waals surface area contributed by atoms with Crippen LogP contribution >= 0.6 is 0 Å². The molecule has 0 heterocycles. The SMILES string of the molecule is CCCCOc1ccc(C(O)c2ccc(CC)cc2)c(C)c1C. The van der Waals surface area contributed by atoms with Gasteiger partial charge in [-0.3, -0.25) is 0 Å². The van der Waals surface area contributed by atoms with Crippen LogP contribution < -0.4 is 4.74 Å². The van der Waals surface area contributed by atoms with Gasteiger partial charge in [0.15, 0.2) is 0 Å². The van der Waals surface area contributed by atoms with Crippen LogP contribution in [0.1, 0.15) is 60.6 Å². The van der Waals surface area contributed by atoms with E-state index in [1.54, 1.807) is 0 Å². The zero-order chi connectivity index (χ0) is 16.8. The lowest BCUT2D eigenvalue weighted by Gasteiger charge is -2.18. The number of hydrogen-bond acceptors (Lipinski definition) is 2. The van der Waals surface area contributed by atoms with Gasteiger partial charge in [-0.15, -0.1) is 0 Å². The minimum atomic E-state index is -0.593. The molecule has 0 aliphatic rings. The second-order valence-electron chi connectivity index (χ2n) is 6.10. The molecule has 2 aromatic carbocycles. The molecule has 0 fully saturated rings. The number of aryl methyl sites for hydroxylation is 1. The minimum Gasteiger partial charge on any atom is -0.493 e. The normalized spacial score (nSPS) is 12.2. The fourth-order valence-corrected chi connectivity index (χ4v) is 2.71. The third-order valence-electron chi connectivity index (χ3n) is 4.53. The molecule has 2 heteroatoms. The Kier molecular flexibility index (Phi) is 6.23. The molecule has 23 heavy (non-hydrogen) atoms. The number of benzene rings is 2. The lowest BCUT2D eigenvalue weighted by Crippen LogP contribution is -2.06. The van der Waals surface area contributed by atoms with Crippen molar-refractivity contribution in [1.29, 1.82) is 0 Å². The molecule has 124 valence electrons. The predicted octanol–water partition coefficient (Wildman–Crippen LogP) is 5.13. The highest BCUT2D eigenvalue weighted by atomic mass is 16.5. The first kappa shape index (κ1) is 17.6. The maximum absolute atomic E-state index is 10.7. The number of unbranched alkanes of at least 4 members (excludes halogenated alkanes) is 1. The number of rotatable bonds is 7. The summed E-state index contributed by atoms with van der Waals surface area (Å²) >= 11 is 0. The summed E-state index contributed by atoms with van der Waals surface area (Å²) in [4.78, 5) is 0. The first-order valence-corrected chi connectivity index (χ1v) is 8.58. The first-order valence-electron chi connectivity index (χ1n) is 8.58. The maximum Gasteiger partial charge on any atom is 0.122 e. The molecule has 0 aliphatic heterocycles. The Morgan fingerprint density at radius 3 is 2.26 bits per heavy atom. The molecule has 0 spiro atoms. The molecule has 1 unspecified atom stereocenters. The molecule has 2 nitrogen and oxygen atoms in total. The van der Waals surface area contributed by atoms with Crippen LogP contribution in [0.3, 0.4) is 0 Å². The molecule has 1 N–H and O–H groups in total. The second kappa shape index (κ2) is 8.16. The molecule has 0 saturated carbocycles. The first-order chi connectivity index (χ1) is 11.1. The van der Waals surface area contributed by atoms with Crippen LogP contribution in [0.4, 0.5) is 0 Å². The summed E-state index contributed by atoms with van der Waals surface area (Å²) in [5.41, 5.74) is 5.39. The van der Waals surface area contributed by atoms with Gasteiger partial charge in [0.2, 0.25) is 0 Å². The fraction of sp³-hybridized carbons (Fsp3) is 0.429. The number of hydrogen-bond donors (Lipinski definition) is 1. The van der Waals surface area contributed by atoms with Gasteiger partial charge in [-0.2, -0.15) is 0 Å². The lowest BCUT2D eigenvalue weighted by molar-refractivity contribution is 0.219. The Labute approximate surface area is 140 Å². The molecule has 0 radical (unpaired) electrons. The molecular weight excluding hydrogens is 284 g/mol. The van der Waals surface area contributed by atoms with Crippen LogP contribution in [0.2, 0.25) is 0 Å². The molecule has 2 aromatic rings. The van der Waals surface area contributed by atoms with Crippen molar-refractivity contribution in [2.75, 3.05) is 6.61 Å². The molecule has 0 amide bonds. The predicted molar refractivity (Wildman–Crippen MR) is 96.2 cm³/mol. The average molecular weight is 312 g/mol. The Bertz CT molecular complexity index is 629.